The number of amidine groups is 1. The van der Waals surface area contributed by atoms with Crippen LogP contribution in [0.3, 0.4) is 0 Å². The maximum Gasteiger partial charge on any atom is 0.263 e. The quantitative estimate of drug-likeness (QED) is 0.899. The molecule has 5 nitrogen and oxygen atoms in total. The minimum absolute atomic E-state index is 0.257. The summed E-state index contributed by atoms with van der Waals surface area (Å²) in [5.74, 6) is 0.352. The Morgan fingerprint density at radius 1 is 1.05 bits per heavy atom. The molecule has 0 aliphatic carbocycles. The van der Waals surface area contributed by atoms with E-state index in [1.54, 1.807) is 24.3 Å². The first-order chi connectivity index (χ1) is 10.1. The lowest BCUT2D eigenvalue weighted by Gasteiger charge is -2.11. The molecule has 1 aliphatic heterocycles. The van der Waals surface area contributed by atoms with Gasteiger partial charge in [-0.25, -0.2) is 8.42 Å². The molecule has 1 heterocycles. The first kappa shape index (κ1) is 13.8. The summed E-state index contributed by atoms with van der Waals surface area (Å²) in [6.07, 6.45) is 0. The van der Waals surface area contributed by atoms with Gasteiger partial charge in [-0.05, 0) is 17.7 Å². The van der Waals surface area contributed by atoms with Crippen LogP contribution in [-0.4, -0.2) is 20.8 Å². The van der Waals surface area contributed by atoms with Gasteiger partial charge in [-0.15, -0.1) is 0 Å². The third-order valence-corrected chi connectivity index (χ3v) is 4.75. The van der Waals surface area contributed by atoms with Gasteiger partial charge in [0.25, 0.3) is 10.0 Å². The summed E-state index contributed by atoms with van der Waals surface area (Å²) in [5.41, 5.74) is 7.33. The van der Waals surface area contributed by atoms with E-state index in [1.807, 2.05) is 30.3 Å². The Morgan fingerprint density at radius 3 is 2.43 bits per heavy atom. The van der Waals surface area contributed by atoms with Crippen LogP contribution in [0, 0.1) is 0 Å². The third kappa shape index (κ3) is 2.55. The van der Waals surface area contributed by atoms with Crippen molar-refractivity contribution in [3.63, 3.8) is 0 Å². The summed E-state index contributed by atoms with van der Waals surface area (Å²) >= 11 is 0. The van der Waals surface area contributed by atoms with Gasteiger partial charge in [-0.2, -0.15) is 0 Å². The van der Waals surface area contributed by atoms with Crippen molar-refractivity contribution < 1.29 is 8.42 Å². The van der Waals surface area contributed by atoms with Gasteiger partial charge < -0.3 is 5.73 Å². The van der Waals surface area contributed by atoms with Crippen LogP contribution in [-0.2, 0) is 10.0 Å². The largest absolute Gasteiger partial charge is 0.328 e. The molecule has 108 valence electrons. The molecule has 3 N–H and O–H groups in total. The second kappa shape index (κ2) is 5.31. The fraction of sp³-hybridized carbons (Fsp3) is 0.133. The van der Waals surface area contributed by atoms with Crippen LogP contribution in [0.2, 0.25) is 0 Å². The van der Waals surface area contributed by atoms with Crippen LogP contribution in [0.15, 0.2) is 64.5 Å². The zero-order valence-corrected chi connectivity index (χ0v) is 12.0. The van der Waals surface area contributed by atoms with Gasteiger partial charge in [0.1, 0.15) is 5.84 Å². The predicted octanol–water partition coefficient (Wildman–Crippen LogP) is 1.43. The Kier molecular flexibility index (Phi) is 3.48. The van der Waals surface area contributed by atoms with E-state index in [9.17, 15) is 8.42 Å². The van der Waals surface area contributed by atoms with E-state index in [1.165, 1.54) is 0 Å². The third-order valence-electron chi connectivity index (χ3n) is 3.36. The molecule has 3 rings (SSSR count). The van der Waals surface area contributed by atoms with Crippen molar-refractivity contribution >= 4 is 15.9 Å². The lowest BCUT2D eigenvalue weighted by atomic mass is 10.1. The first-order valence-corrected chi connectivity index (χ1v) is 8.05. The van der Waals surface area contributed by atoms with E-state index in [-0.39, 0.29) is 10.9 Å². The average molecular weight is 301 g/mol. The van der Waals surface area contributed by atoms with Gasteiger partial charge in [0.15, 0.2) is 0 Å². The first-order valence-electron chi connectivity index (χ1n) is 6.57. The van der Waals surface area contributed by atoms with Crippen molar-refractivity contribution in [3.05, 3.63) is 65.7 Å². The van der Waals surface area contributed by atoms with E-state index < -0.39 is 10.0 Å². The molecule has 0 fully saturated rings. The van der Waals surface area contributed by atoms with Gasteiger partial charge in [0.05, 0.1) is 10.9 Å². The highest BCUT2D eigenvalue weighted by molar-refractivity contribution is 7.90. The molecule has 1 atom stereocenters. The van der Waals surface area contributed by atoms with Crippen LogP contribution in [0.25, 0.3) is 0 Å². The standard InChI is InChI=1S/C15H15N3O2S/c16-10-13(11-6-2-1-3-7-11)17-15-12-8-4-5-9-14(12)21(19,20)18-15/h1-9,13H,10,16H2,(H,17,18). The van der Waals surface area contributed by atoms with Crippen LogP contribution < -0.4 is 10.5 Å². The summed E-state index contributed by atoms with van der Waals surface area (Å²) in [5, 5.41) is 0. The smallest absolute Gasteiger partial charge is 0.263 e. The van der Waals surface area contributed by atoms with Crippen LogP contribution >= 0.6 is 0 Å². The van der Waals surface area contributed by atoms with Crippen molar-refractivity contribution in [2.75, 3.05) is 6.54 Å². The SMILES string of the molecule is NCC(N=C1NS(=O)(=O)c2ccccc21)c1ccccc1. The number of nitrogens with two attached hydrogens (primary N) is 1. The minimum atomic E-state index is -3.51. The van der Waals surface area contributed by atoms with Gasteiger partial charge >= 0.3 is 0 Å². The van der Waals surface area contributed by atoms with Gasteiger partial charge in [0.2, 0.25) is 0 Å². The van der Waals surface area contributed by atoms with E-state index in [4.69, 9.17) is 5.73 Å². The summed E-state index contributed by atoms with van der Waals surface area (Å²) in [7, 11) is -3.51. The Morgan fingerprint density at radius 2 is 1.71 bits per heavy atom. The summed E-state index contributed by atoms with van der Waals surface area (Å²) in [6.45, 7) is 0.303. The summed E-state index contributed by atoms with van der Waals surface area (Å²) in [4.78, 5) is 4.76. The number of fused-ring (bicyclic) bond motifs is 1. The van der Waals surface area contributed by atoms with E-state index in [0.717, 1.165) is 5.56 Å². The molecule has 1 aliphatic rings. The number of benzene rings is 2. The average Bonchev–Trinajstić information content (AvgIpc) is 2.77. The lowest BCUT2D eigenvalue weighted by molar-refractivity contribution is 0.595. The van der Waals surface area contributed by atoms with Crippen molar-refractivity contribution in [2.24, 2.45) is 10.7 Å². The monoisotopic (exact) mass is 301 g/mol. The van der Waals surface area contributed by atoms with Crippen LogP contribution in [0.4, 0.5) is 0 Å². The van der Waals surface area contributed by atoms with Gasteiger partial charge in [-0.1, -0.05) is 42.5 Å². The van der Waals surface area contributed by atoms with Crippen molar-refractivity contribution in [3.8, 4) is 0 Å². The molecule has 0 spiro atoms. The van der Waals surface area contributed by atoms with Crippen LogP contribution in [0.5, 0.6) is 0 Å². The van der Waals surface area contributed by atoms with Crippen molar-refractivity contribution in [1.29, 1.82) is 0 Å². The second-order valence-electron chi connectivity index (χ2n) is 4.74. The fourth-order valence-corrected chi connectivity index (χ4v) is 3.56. The Balaban J connectivity index is 2.05. The molecule has 2 aromatic rings. The molecule has 0 aromatic heterocycles. The molecule has 2 aromatic carbocycles. The fourth-order valence-electron chi connectivity index (χ4n) is 2.32. The summed E-state index contributed by atoms with van der Waals surface area (Å²) in [6, 6.07) is 16.1. The normalized spacial score (nSPS) is 19.0. The van der Waals surface area contributed by atoms with Gasteiger partial charge in [0, 0.05) is 12.1 Å². The zero-order valence-electron chi connectivity index (χ0n) is 11.2. The molecular formula is C15H15N3O2S. The molecular weight excluding hydrogens is 286 g/mol. The number of sulfonamides is 1. The molecule has 0 radical (unpaired) electrons. The highest BCUT2D eigenvalue weighted by Gasteiger charge is 2.30. The number of rotatable bonds is 3. The van der Waals surface area contributed by atoms with Crippen molar-refractivity contribution in [2.45, 2.75) is 10.9 Å². The second-order valence-corrected chi connectivity index (χ2v) is 6.39. The molecule has 0 bridgehead atoms. The minimum Gasteiger partial charge on any atom is -0.328 e. The lowest BCUT2D eigenvalue weighted by Crippen LogP contribution is -2.24. The van der Waals surface area contributed by atoms with Gasteiger partial charge in [-0.3, -0.25) is 9.71 Å². The molecule has 21 heavy (non-hydrogen) atoms. The van der Waals surface area contributed by atoms with E-state index >= 15 is 0 Å². The molecule has 1 unspecified atom stereocenters. The van der Waals surface area contributed by atoms with Crippen LogP contribution in [0.1, 0.15) is 17.2 Å². The number of hydrogen-bond donors (Lipinski definition) is 2. The number of hydrogen-bond acceptors (Lipinski definition) is 4. The molecule has 0 saturated heterocycles. The Labute approximate surface area is 123 Å². The Bertz CT molecular complexity index is 786. The van der Waals surface area contributed by atoms with Crippen molar-refractivity contribution in [1.82, 2.24) is 4.72 Å². The topological polar surface area (TPSA) is 84.5 Å². The zero-order chi connectivity index (χ0) is 14.9. The molecule has 0 amide bonds. The van der Waals surface area contributed by atoms with E-state index in [0.29, 0.717) is 17.9 Å². The number of aliphatic imine (C=N–C) groups is 1. The summed E-state index contributed by atoms with van der Waals surface area (Å²) < 4.78 is 26.6. The predicted molar refractivity (Wildman–Crippen MR) is 81.5 cm³/mol. The Hall–Kier alpha value is -2.18. The highest BCUT2D eigenvalue weighted by atomic mass is 32.2. The maximum atomic E-state index is 12.0. The molecule has 0 saturated carbocycles. The highest BCUT2D eigenvalue weighted by Crippen LogP contribution is 2.25. The molecule has 6 heteroatoms. The number of nitrogens with zero attached hydrogens (tertiary/aromatic N) is 1. The number of nitrogens with one attached hydrogen (secondary N) is 1. The maximum absolute atomic E-state index is 12.0. The van der Waals surface area contributed by atoms with E-state index in [2.05, 4.69) is 9.71 Å².